The number of rotatable bonds is 5. The van der Waals surface area contributed by atoms with Crippen LogP contribution in [0.1, 0.15) is 58.9 Å². The molecule has 0 atom stereocenters. The summed E-state index contributed by atoms with van der Waals surface area (Å²) in [4.78, 5) is 42.8. The van der Waals surface area contributed by atoms with Crippen LogP contribution in [-0.4, -0.2) is 49.3 Å². The van der Waals surface area contributed by atoms with Gasteiger partial charge in [-0.05, 0) is 36.3 Å². The van der Waals surface area contributed by atoms with E-state index in [0.29, 0.717) is 6.42 Å². The van der Waals surface area contributed by atoms with E-state index in [4.69, 9.17) is 25.2 Å². The summed E-state index contributed by atoms with van der Waals surface area (Å²) in [7, 11) is 0. The van der Waals surface area contributed by atoms with Gasteiger partial charge in [0.15, 0.2) is 0 Å². The molecule has 1 aliphatic carbocycles. The van der Waals surface area contributed by atoms with Gasteiger partial charge >= 0.3 is 17.9 Å². The normalized spacial score (nSPS) is 11.9. The third kappa shape index (κ3) is 27.4. The Labute approximate surface area is 170 Å². The van der Waals surface area contributed by atoms with Crippen LogP contribution < -0.4 is 0 Å². The first-order chi connectivity index (χ1) is 13.2. The van der Waals surface area contributed by atoms with Gasteiger partial charge in [0.1, 0.15) is 0 Å². The maximum atomic E-state index is 10.2. The van der Waals surface area contributed by atoms with Crippen LogP contribution in [0.4, 0.5) is 0 Å². The van der Waals surface area contributed by atoms with E-state index in [1.54, 1.807) is 18.5 Å². The van der Waals surface area contributed by atoms with Gasteiger partial charge in [-0.1, -0.05) is 26.8 Å². The topological polar surface area (TPSA) is 162 Å². The summed E-state index contributed by atoms with van der Waals surface area (Å²) in [5, 5.41) is 32.1. The number of nitrogens with zero attached hydrogens (tertiary/aromatic N) is 1. The Kier molecular flexibility index (Phi) is 14.6. The Morgan fingerprint density at radius 3 is 1.76 bits per heavy atom. The summed E-state index contributed by atoms with van der Waals surface area (Å²) in [6, 6.07) is 3.67. The van der Waals surface area contributed by atoms with Crippen molar-refractivity contribution in [1.82, 2.24) is 4.98 Å². The largest absolute Gasteiger partial charge is 0.481 e. The Bertz CT molecular complexity index is 630. The average Bonchev–Trinajstić information content (AvgIpc) is 3.37. The van der Waals surface area contributed by atoms with E-state index < -0.39 is 23.9 Å². The van der Waals surface area contributed by atoms with Gasteiger partial charge in [0.25, 0.3) is 5.97 Å². The molecule has 0 aromatic carbocycles. The summed E-state index contributed by atoms with van der Waals surface area (Å²) in [5.74, 6) is -2.94. The van der Waals surface area contributed by atoms with Crippen molar-refractivity contribution < 1.29 is 39.6 Å². The highest BCUT2D eigenvalue weighted by Crippen LogP contribution is 2.28. The van der Waals surface area contributed by atoms with Gasteiger partial charge in [0, 0.05) is 25.7 Å². The highest BCUT2D eigenvalue weighted by atomic mass is 16.4. The molecule has 1 aromatic heterocycles. The fourth-order valence-electron chi connectivity index (χ4n) is 1.58. The maximum absolute atomic E-state index is 10.2. The first-order valence-corrected chi connectivity index (χ1v) is 8.99. The molecule has 0 saturated heterocycles. The van der Waals surface area contributed by atoms with E-state index in [9.17, 15) is 14.4 Å². The molecule has 0 unspecified atom stereocenters. The zero-order chi connectivity index (χ0) is 23.0. The first-order valence-electron chi connectivity index (χ1n) is 8.99. The summed E-state index contributed by atoms with van der Waals surface area (Å²) >= 11 is 0. The lowest BCUT2D eigenvalue weighted by Gasteiger charge is -2.13. The van der Waals surface area contributed by atoms with Gasteiger partial charge in [-0.25, -0.2) is 0 Å². The van der Waals surface area contributed by atoms with Crippen molar-refractivity contribution >= 4 is 23.9 Å². The molecule has 1 heterocycles. The molecule has 164 valence electrons. The standard InChI is InChI=1S/C8H9NO2.C6H12O2.C4H6O2.C2H4O2/c10-8(11)4-3-7-2-1-5-9-6-7;1-6(2,3)4-5(7)8;5-4(6)3-1-2-3;1-2(3)4/h1-2,5-6H,3-4H2,(H,10,11);4H2,1-3H3,(H,7,8);3H,1-2H2,(H,5,6);1H3,(H,3,4). The molecule has 0 radical (unpaired) electrons. The smallest absolute Gasteiger partial charge is 0.306 e. The Morgan fingerprint density at radius 2 is 1.55 bits per heavy atom. The quantitative estimate of drug-likeness (QED) is 0.568. The van der Waals surface area contributed by atoms with Gasteiger partial charge in [-0.2, -0.15) is 0 Å². The molecule has 9 nitrogen and oxygen atoms in total. The highest BCUT2D eigenvalue weighted by molar-refractivity contribution is 5.72. The molecule has 2 rings (SSSR count). The van der Waals surface area contributed by atoms with Crippen molar-refractivity contribution in [3.05, 3.63) is 30.1 Å². The van der Waals surface area contributed by atoms with E-state index in [-0.39, 0.29) is 24.2 Å². The van der Waals surface area contributed by atoms with Crippen LogP contribution in [0.15, 0.2) is 24.5 Å². The van der Waals surface area contributed by atoms with E-state index in [0.717, 1.165) is 25.3 Å². The van der Waals surface area contributed by atoms with Crippen molar-refractivity contribution in [3.63, 3.8) is 0 Å². The molecule has 1 fully saturated rings. The van der Waals surface area contributed by atoms with Crippen LogP contribution in [0, 0.1) is 11.3 Å². The molecular weight excluding hydrogens is 382 g/mol. The lowest BCUT2D eigenvalue weighted by Crippen LogP contribution is -2.11. The number of aryl methyl sites for hydroxylation is 1. The number of carboxylic acids is 4. The molecule has 1 aromatic rings. The van der Waals surface area contributed by atoms with Crippen LogP contribution in [-0.2, 0) is 25.6 Å². The van der Waals surface area contributed by atoms with Crippen molar-refractivity contribution in [2.45, 2.75) is 59.8 Å². The van der Waals surface area contributed by atoms with Gasteiger partial charge in [0.2, 0.25) is 0 Å². The SMILES string of the molecule is CC(=O)O.CC(C)(C)CC(=O)O.O=C(O)C1CC1.O=C(O)CCc1cccnc1. The Balaban J connectivity index is 0. The predicted molar refractivity (Wildman–Crippen MR) is 106 cm³/mol. The van der Waals surface area contributed by atoms with Gasteiger partial charge in [-0.15, -0.1) is 0 Å². The highest BCUT2D eigenvalue weighted by Gasteiger charge is 2.28. The molecular formula is C20H31NO8. The minimum absolute atomic E-state index is 0.0185. The minimum Gasteiger partial charge on any atom is -0.481 e. The van der Waals surface area contributed by atoms with Crippen LogP contribution in [0.5, 0.6) is 0 Å². The molecule has 0 spiro atoms. The van der Waals surface area contributed by atoms with E-state index in [1.807, 2.05) is 26.8 Å². The Hall–Kier alpha value is -2.97. The lowest BCUT2D eigenvalue weighted by atomic mass is 9.93. The molecule has 0 amide bonds. The van der Waals surface area contributed by atoms with Gasteiger partial charge in [-0.3, -0.25) is 24.2 Å². The first kappa shape index (κ1) is 28.2. The molecule has 9 heteroatoms. The van der Waals surface area contributed by atoms with Crippen LogP contribution in [0.2, 0.25) is 0 Å². The number of carbonyl (C=O) groups is 4. The van der Waals surface area contributed by atoms with Crippen LogP contribution >= 0.6 is 0 Å². The lowest BCUT2D eigenvalue weighted by molar-refractivity contribution is -0.139. The second-order valence-electron chi connectivity index (χ2n) is 7.52. The maximum Gasteiger partial charge on any atom is 0.306 e. The molecule has 0 bridgehead atoms. The zero-order valence-corrected chi connectivity index (χ0v) is 17.3. The number of hydrogen-bond donors (Lipinski definition) is 4. The van der Waals surface area contributed by atoms with Gasteiger partial charge in [0.05, 0.1) is 12.3 Å². The van der Waals surface area contributed by atoms with Gasteiger partial charge < -0.3 is 20.4 Å². The molecule has 1 saturated carbocycles. The van der Waals surface area contributed by atoms with E-state index in [2.05, 4.69) is 4.98 Å². The van der Waals surface area contributed by atoms with Crippen molar-refractivity contribution in [2.24, 2.45) is 11.3 Å². The number of aromatic nitrogens is 1. The summed E-state index contributed by atoms with van der Waals surface area (Å²) < 4.78 is 0. The van der Waals surface area contributed by atoms with E-state index >= 15 is 0 Å². The number of hydrogen-bond acceptors (Lipinski definition) is 5. The number of carboxylic acid groups (broad SMARTS) is 4. The third-order valence-corrected chi connectivity index (χ3v) is 2.96. The molecule has 1 aliphatic rings. The summed E-state index contributed by atoms with van der Waals surface area (Å²) in [5.41, 5.74) is 0.890. The van der Waals surface area contributed by atoms with Crippen LogP contribution in [0.3, 0.4) is 0 Å². The van der Waals surface area contributed by atoms with Crippen molar-refractivity contribution in [1.29, 1.82) is 0 Å². The second kappa shape index (κ2) is 15.0. The summed E-state index contributed by atoms with van der Waals surface area (Å²) in [6.07, 6.45) is 6.12. The molecule has 0 aliphatic heterocycles. The van der Waals surface area contributed by atoms with Crippen molar-refractivity contribution in [2.75, 3.05) is 0 Å². The van der Waals surface area contributed by atoms with Crippen molar-refractivity contribution in [3.8, 4) is 0 Å². The second-order valence-corrected chi connectivity index (χ2v) is 7.52. The average molecular weight is 413 g/mol. The molecule has 29 heavy (non-hydrogen) atoms. The number of aliphatic carboxylic acids is 4. The zero-order valence-electron chi connectivity index (χ0n) is 17.3. The predicted octanol–water partition coefficient (Wildman–Crippen LogP) is 3.18. The third-order valence-electron chi connectivity index (χ3n) is 2.96. The fraction of sp³-hybridized carbons (Fsp3) is 0.550. The monoisotopic (exact) mass is 413 g/mol. The minimum atomic E-state index is -0.833. The van der Waals surface area contributed by atoms with E-state index in [1.165, 1.54) is 0 Å². The Morgan fingerprint density at radius 1 is 1.03 bits per heavy atom. The summed E-state index contributed by atoms with van der Waals surface area (Å²) in [6.45, 7) is 6.80. The fourth-order valence-corrected chi connectivity index (χ4v) is 1.58. The van der Waals surface area contributed by atoms with Crippen LogP contribution in [0.25, 0.3) is 0 Å². The number of pyridine rings is 1. The molecule has 4 N–H and O–H groups in total.